The molecule has 2 aromatic rings. The summed E-state index contributed by atoms with van der Waals surface area (Å²) in [6.07, 6.45) is 7.77. The van der Waals surface area contributed by atoms with Crippen molar-refractivity contribution in [1.29, 1.82) is 0 Å². The summed E-state index contributed by atoms with van der Waals surface area (Å²) in [6.45, 7) is 3.44. The topological polar surface area (TPSA) is 21.1 Å². The number of hydrogen-bond donors (Lipinski definition) is 0. The Kier molecular flexibility index (Phi) is 3.82. The van der Waals surface area contributed by atoms with Gasteiger partial charge in [0.05, 0.1) is 0 Å². The smallest absolute Gasteiger partial charge is 0.0489 e. The number of nitrogens with zero attached hydrogens (tertiary/aromatic N) is 3. The zero-order valence-corrected chi connectivity index (χ0v) is 11.3. The van der Waals surface area contributed by atoms with Crippen molar-refractivity contribution < 1.29 is 0 Å². The summed E-state index contributed by atoms with van der Waals surface area (Å²) in [4.78, 5) is 2.50. The lowest BCUT2D eigenvalue weighted by Crippen LogP contribution is -2.33. The van der Waals surface area contributed by atoms with E-state index >= 15 is 0 Å². The highest BCUT2D eigenvalue weighted by Crippen LogP contribution is 2.25. The second-order valence-electron chi connectivity index (χ2n) is 5.32. The average Bonchev–Trinajstić information content (AvgIpc) is 3.00. The number of para-hydroxylation sites is 1. The maximum Gasteiger partial charge on any atom is 0.0489 e. The monoisotopic (exact) mass is 255 g/mol. The lowest BCUT2D eigenvalue weighted by Gasteiger charge is -2.33. The van der Waals surface area contributed by atoms with Crippen LogP contribution in [0.15, 0.2) is 48.8 Å². The van der Waals surface area contributed by atoms with E-state index in [2.05, 4.69) is 46.5 Å². The van der Waals surface area contributed by atoms with Crippen LogP contribution in [0.4, 0.5) is 5.69 Å². The van der Waals surface area contributed by atoms with Gasteiger partial charge in [0.15, 0.2) is 0 Å². The molecule has 1 aliphatic heterocycles. The molecule has 1 saturated heterocycles. The first-order chi connectivity index (χ1) is 9.42. The van der Waals surface area contributed by atoms with Crippen LogP contribution in [0.3, 0.4) is 0 Å². The van der Waals surface area contributed by atoms with E-state index in [-0.39, 0.29) is 0 Å². The summed E-state index contributed by atoms with van der Waals surface area (Å²) in [5.41, 5.74) is 1.37. The number of aryl methyl sites for hydroxylation is 1. The Morgan fingerprint density at radius 2 is 1.84 bits per heavy atom. The maximum absolute atomic E-state index is 4.27. The number of aromatic nitrogens is 2. The minimum Gasteiger partial charge on any atom is -0.372 e. The number of rotatable bonds is 4. The fourth-order valence-corrected chi connectivity index (χ4v) is 2.87. The fourth-order valence-electron chi connectivity index (χ4n) is 2.87. The normalized spacial score (nSPS) is 16.7. The summed E-state index contributed by atoms with van der Waals surface area (Å²) in [6, 6.07) is 12.8. The first-order valence-electron chi connectivity index (χ1n) is 7.19. The second-order valence-corrected chi connectivity index (χ2v) is 5.32. The average molecular weight is 255 g/mol. The van der Waals surface area contributed by atoms with Gasteiger partial charge >= 0.3 is 0 Å². The van der Waals surface area contributed by atoms with Crippen molar-refractivity contribution in [1.82, 2.24) is 9.78 Å². The van der Waals surface area contributed by atoms with Crippen molar-refractivity contribution in [3.8, 4) is 0 Å². The van der Waals surface area contributed by atoms with Gasteiger partial charge in [0.25, 0.3) is 0 Å². The molecule has 2 heterocycles. The van der Waals surface area contributed by atoms with Crippen molar-refractivity contribution >= 4 is 5.69 Å². The summed E-state index contributed by atoms with van der Waals surface area (Å²) in [5.74, 6) is 0.851. The van der Waals surface area contributed by atoms with Crippen LogP contribution in [0.2, 0.25) is 0 Å². The zero-order valence-electron chi connectivity index (χ0n) is 11.3. The summed E-state index contributed by atoms with van der Waals surface area (Å²) >= 11 is 0. The Balaban J connectivity index is 1.47. The molecule has 0 spiro atoms. The SMILES string of the molecule is c1ccc(N2CCC(CCn3cccn3)CC2)cc1. The van der Waals surface area contributed by atoms with Crippen molar-refractivity contribution in [2.24, 2.45) is 5.92 Å². The molecule has 0 aliphatic carbocycles. The van der Waals surface area contributed by atoms with E-state index in [9.17, 15) is 0 Å². The number of anilines is 1. The van der Waals surface area contributed by atoms with Gasteiger partial charge in [-0.3, -0.25) is 4.68 Å². The molecule has 1 aromatic carbocycles. The van der Waals surface area contributed by atoms with Crippen LogP contribution in [0.5, 0.6) is 0 Å². The Morgan fingerprint density at radius 3 is 2.53 bits per heavy atom. The van der Waals surface area contributed by atoms with Crippen molar-refractivity contribution in [2.75, 3.05) is 18.0 Å². The van der Waals surface area contributed by atoms with Crippen LogP contribution in [-0.2, 0) is 6.54 Å². The summed E-state index contributed by atoms with van der Waals surface area (Å²) in [5, 5.41) is 4.27. The van der Waals surface area contributed by atoms with Crippen LogP contribution in [0.25, 0.3) is 0 Å². The molecule has 0 atom stereocenters. The Hall–Kier alpha value is -1.77. The molecular weight excluding hydrogens is 234 g/mol. The van der Waals surface area contributed by atoms with Gasteiger partial charge in [0, 0.05) is 37.7 Å². The standard InChI is InChI=1S/C16H21N3/c1-2-5-16(6-3-1)18-12-7-15(8-13-18)9-14-19-11-4-10-17-19/h1-6,10-11,15H,7-9,12-14H2. The van der Waals surface area contributed by atoms with E-state index in [1.165, 1.54) is 38.0 Å². The van der Waals surface area contributed by atoms with Gasteiger partial charge in [-0.05, 0) is 43.4 Å². The highest BCUT2D eigenvalue weighted by Gasteiger charge is 2.19. The number of hydrogen-bond acceptors (Lipinski definition) is 2. The quantitative estimate of drug-likeness (QED) is 0.836. The highest BCUT2D eigenvalue weighted by atomic mass is 15.3. The van der Waals surface area contributed by atoms with Crippen LogP contribution >= 0.6 is 0 Å². The first-order valence-corrected chi connectivity index (χ1v) is 7.19. The van der Waals surface area contributed by atoms with E-state index in [0.717, 1.165) is 12.5 Å². The molecule has 0 saturated carbocycles. The predicted molar refractivity (Wildman–Crippen MR) is 78.2 cm³/mol. The van der Waals surface area contributed by atoms with E-state index in [4.69, 9.17) is 0 Å². The van der Waals surface area contributed by atoms with E-state index < -0.39 is 0 Å². The summed E-state index contributed by atoms with van der Waals surface area (Å²) in [7, 11) is 0. The van der Waals surface area contributed by atoms with Gasteiger partial charge < -0.3 is 4.90 Å². The third-order valence-corrected chi connectivity index (χ3v) is 4.06. The van der Waals surface area contributed by atoms with Gasteiger partial charge in [-0.2, -0.15) is 5.10 Å². The van der Waals surface area contributed by atoms with Gasteiger partial charge in [0.1, 0.15) is 0 Å². The lowest BCUT2D eigenvalue weighted by atomic mass is 9.93. The van der Waals surface area contributed by atoms with Crippen molar-refractivity contribution in [3.63, 3.8) is 0 Å². The van der Waals surface area contributed by atoms with Crippen LogP contribution < -0.4 is 4.90 Å². The molecular formula is C16H21N3. The molecule has 0 unspecified atom stereocenters. The Labute approximate surface area is 114 Å². The molecule has 3 rings (SSSR count). The second kappa shape index (κ2) is 5.91. The lowest BCUT2D eigenvalue weighted by molar-refractivity contribution is 0.354. The molecule has 3 heteroatoms. The Morgan fingerprint density at radius 1 is 1.05 bits per heavy atom. The molecule has 0 N–H and O–H groups in total. The van der Waals surface area contributed by atoms with Crippen LogP contribution in [0.1, 0.15) is 19.3 Å². The molecule has 0 bridgehead atoms. The van der Waals surface area contributed by atoms with Gasteiger partial charge in [-0.25, -0.2) is 0 Å². The number of piperidine rings is 1. The fraction of sp³-hybridized carbons (Fsp3) is 0.438. The van der Waals surface area contributed by atoms with Gasteiger partial charge in [-0.15, -0.1) is 0 Å². The van der Waals surface area contributed by atoms with Crippen molar-refractivity contribution in [3.05, 3.63) is 48.8 Å². The van der Waals surface area contributed by atoms with Gasteiger partial charge in [0.2, 0.25) is 0 Å². The molecule has 1 aliphatic rings. The van der Waals surface area contributed by atoms with Crippen LogP contribution in [-0.4, -0.2) is 22.9 Å². The summed E-state index contributed by atoms with van der Waals surface area (Å²) < 4.78 is 2.05. The van der Waals surface area contributed by atoms with Crippen molar-refractivity contribution in [2.45, 2.75) is 25.8 Å². The third-order valence-electron chi connectivity index (χ3n) is 4.06. The van der Waals surface area contributed by atoms with E-state index in [0.29, 0.717) is 0 Å². The molecule has 1 fully saturated rings. The first kappa shape index (κ1) is 12.3. The van der Waals surface area contributed by atoms with E-state index in [1.54, 1.807) is 0 Å². The molecule has 0 amide bonds. The highest BCUT2D eigenvalue weighted by molar-refractivity contribution is 5.46. The van der Waals surface area contributed by atoms with E-state index in [1.807, 2.05) is 16.9 Å². The molecule has 0 radical (unpaired) electrons. The molecule has 1 aromatic heterocycles. The zero-order chi connectivity index (χ0) is 12.9. The van der Waals surface area contributed by atoms with Crippen LogP contribution in [0, 0.1) is 5.92 Å². The molecule has 100 valence electrons. The molecule has 19 heavy (non-hydrogen) atoms. The molecule has 3 nitrogen and oxygen atoms in total. The Bertz CT molecular complexity index is 470. The maximum atomic E-state index is 4.27. The van der Waals surface area contributed by atoms with Gasteiger partial charge in [-0.1, -0.05) is 18.2 Å². The minimum absolute atomic E-state index is 0.851. The third kappa shape index (κ3) is 3.16. The number of benzene rings is 1. The minimum atomic E-state index is 0.851. The largest absolute Gasteiger partial charge is 0.372 e. The predicted octanol–water partition coefficient (Wildman–Crippen LogP) is 3.19.